The first-order valence-corrected chi connectivity index (χ1v) is 20.6. The van der Waals surface area contributed by atoms with Crippen LogP contribution in [0.2, 0.25) is 0 Å². The molecule has 0 aliphatic heterocycles. The van der Waals surface area contributed by atoms with Gasteiger partial charge in [-0.05, 0) is 53.2 Å². The van der Waals surface area contributed by atoms with Crippen LogP contribution >= 0.6 is 0 Å². The van der Waals surface area contributed by atoms with Crippen molar-refractivity contribution in [3.63, 3.8) is 0 Å². The van der Waals surface area contributed by atoms with Crippen LogP contribution in [0.3, 0.4) is 0 Å². The van der Waals surface area contributed by atoms with Crippen molar-refractivity contribution in [2.75, 3.05) is 0 Å². The van der Waals surface area contributed by atoms with Crippen molar-refractivity contribution in [1.82, 2.24) is 23.9 Å². The van der Waals surface area contributed by atoms with Crippen LogP contribution in [0.5, 0.6) is 0 Å². The van der Waals surface area contributed by atoms with Gasteiger partial charge in [-0.25, -0.2) is 15.0 Å². The topological polar surface area (TPSA) is 61.2 Å². The number of furan rings is 1. The van der Waals surface area contributed by atoms with Crippen molar-refractivity contribution < 1.29 is 4.42 Å². The molecule has 9 aromatic carbocycles. The van der Waals surface area contributed by atoms with Crippen LogP contribution in [0.25, 0.3) is 132 Å². The fourth-order valence-electron chi connectivity index (χ4n) is 10.0. The molecule has 0 aliphatic carbocycles. The van der Waals surface area contributed by atoms with E-state index < -0.39 is 0 Å². The summed E-state index contributed by atoms with van der Waals surface area (Å²) >= 11 is 0. The molecule has 5 aromatic heterocycles. The number of hydrogen-bond acceptors (Lipinski definition) is 4. The van der Waals surface area contributed by atoms with Crippen LogP contribution in [-0.2, 0) is 0 Å². The zero-order valence-electron chi connectivity index (χ0n) is 32.5. The lowest BCUT2D eigenvalue weighted by Crippen LogP contribution is -2.01. The van der Waals surface area contributed by atoms with Crippen molar-refractivity contribution in [1.29, 1.82) is 0 Å². The van der Waals surface area contributed by atoms with Gasteiger partial charge in [-0.2, -0.15) is 0 Å². The van der Waals surface area contributed by atoms with E-state index in [0.29, 0.717) is 17.5 Å². The van der Waals surface area contributed by atoms with Gasteiger partial charge in [-0.3, -0.25) is 0 Å². The monoisotopic (exact) mass is 777 g/mol. The molecule has 0 N–H and O–H groups in total. The third kappa shape index (κ3) is 4.53. The average Bonchev–Trinajstić information content (AvgIpc) is 4.07. The number of fused-ring (bicyclic) bond motifs is 14. The van der Waals surface area contributed by atoms with Gasteiger partial charge in [0.1, 0.15) is 11.2 Å². The molecule has 0 atom stereocenters. The Morgan fingerprint density at radius 1 is 0.344 bits per heavy atom. The summed E-state index contributed by atoms with van der Waals surface area (Å²) in [6, 6.07) is 66.6. The molecule has 14 aromatic rings. The first kappa shape index (κ1) is 32.6. The minimum Gasteiger partial charge on any atom is -0.456 e. The Bertz CT molecular complexity index is 4050. The molecule has 0 amide bonds. The summed E-state index contributed by atoms with van der Waals surface area (Å²) in [5.41, 5.74) is 11.1. The minimum absolute atomic E-state index is 0.570. The number of benzene rings is 9. The lowest BCUT2D eigenvalue weighted by Gasteiger charge is -2.13. The molecule has 0 fully saturated rings. The number of hydrogen-bond donors (Lipinski definition) is 0. The second kappa shape index (κ2) is 12.1. The van der Waals surface area contributed by atoms with E-state index in [2.05, 4.69) is 130 Å². The van der Waals surface area contributed by atoms with E-state index in [4.69, 9.17) is 19.4 Å². The van der Waals surface area contributed by atoms with Crippen LogP contribution in [0.1, 0.15) is 0 Å². The molecule has 6 nitrogen and oxygen atoms in total. The van der Waals surface area contributed by atoms with Crippen LogP contribution in [0.15, 0.2) is 192 Å². The number of para-hydroxylation sites is 3. The van der Waals surface area contributed by atoms with Gasteiger partial charge in [-0.1, -0.05) is 146 Å². The Labute approximate surface area is 347 Å². The predicted molar refractivity (Wildman–Crippen MR) is 250 cm³/mol. The second-order valence-electron chi connectivity index (χ2n) is 16.0. The predicted octanol–water partition coefficient (Wildman–Crippen LogP) is 14.2. The summed E-state index contributed by atoms with van der Waals surface area (Å²) in [6.07, 6.45) is 0. The number of rotatable bonds is 4. The van der Waals surface area contributed by atoms with Crippen LogP contribution in [-0.4, -0.2) is 23.9 Å². The van der Waals surface area contributed by atoms with Gasteiger partial charge in [0.2, 0.25) is 0 Å². The van der Waals surface area contributed by atoms with E-state index in [1.54, 1.807) is 0 Å². The van der Waals surface area contributed by atoms with Crippen LogP contribution in [0.4, 0.5) is 0 Å². The van der Waals surface area contributed by atoms with E-state index in [1.807, 2.05) is 66.7 Å². The molecular weight excluding hydrogens is 747 g/mol. The maximum atomic E-state index is 6.78. The maximum absolute atomic E-state index is 6.78. The Kier molecular flexibility index (Phi) is 6.46. The first-order valence-electron chi connectivity index (χ1n) is 20.6. The van der Waals surface area contributed by atoms with Crippen LogP contribution < -0.4 is 0 Å². The Morgan fingerprint density at radius 3 is 1.74 bits per heavy atom. The molecule has 0 radical (unpaired) electrons. The maximum Gasteiger partial charge on any atom is 0.164 e. The average molecular weight is 778 g/mol. The standard InChI is InChI=1S/C55H31N5O/c1-3-15-33(16-4-1)53-56-54(34-17-5-2-6-18-34)58-55(57-53)35-28-47(51-40-21-10-12-25-48(40)61-49(51)29-35)59-44-27-26-32-14-7-8-19-36(32)50(44)42-30-41-39-23-13-22-38-37-20-9-11-24-43(37)60(52(38)39)45(41)31-46(42)59/h1-31H. The van der Waals surface area contributed by atoms with E-state index >= 15 is 0 Å². The molecular formula is C55H31N5O. The fraction of sp³-hybridized carbons (Fsp3) is 0. The van der Waals surface area contributed by atoms with Gasteiger partial charge in [0, 0.05) is 54.4 Å². The number of nitrogens with zero attached hydrogens (tertiary/aromatic N) is 5. The Balaban J connectivity index is 1.15. The van der Waals surface area contributed by atoms with Crippen molar-refractivity contribution in [2.45, 2.75) is 0 Å². The van der Waals surface area contributed by atoms with Crippen molar-refractivity contribution in [3.8, 4) is 39.9 Å². The van der Waals surface area contributed by atoms with E-state index in [-0.39, 0.29) is 0 Å². The third-order valence-corrected chi connectivity index (χ3v) is 12.7. The summed E-state index contributed by atoms with van der Waals surface area (Å²) in [7, 11) is 0. The largest absolute Gasteiger partial charge is 0.456 e. The molecule has 0 bridgehead atoms. The fourth-order valence-corrected chi connectivity index (χ4v) is 10.0. The normalized spacial score (nSPS) is 12.3. The summed E-state index contributed by atoms with van der Waals surface area (Å²) in [5, 5.41) is 11.9. The molecule has 0 unspecified atom stereocenters. The molecule has 6 heteroatoms. The SMILES string of the molecule is c1ccc(-c2nc(-c3ccccc3)nc(-c3cc(-n4c5cc6c(cc5c5c7ccccc7ccc54)c4cccc5c7ccccc7n6c54)c4c(c3)oc3ccccc34)n2)cc1. The number of aromatic nitrogens is 5. The molecule has 0 aliphatic rings. The van der Waals surface area contributed by atoms with Gasteiger partial charge in [0.05, 0.1) is 38.7 Å². The molecule has 5 heterocycles. The molecule has 0 saturated carbocycles. The van der Waals surface area contributed by atoms with Crippen molar-refractivity contribution in [3.05, 3.63) is 188 Å². The van der Waals surface area contributed by atoms with Crippen molar-refractivity contribution >= 4 is 92.6 Å². The van der Waals surface area contributed by atoms with E-state index in [1.165, 1.54) is 59.6 Å². The lowest BCUT2D eigenvalue weighted by molar-refractivity contribution is 0.669. The molecule has 61 heavy (non-hydrogen) atoms. The zero-order chi connectivity index (χ0) is 39.8. The van der Waals surface area contributed by atoms with E-state index in [0.717, 1.165) is 55.3 Å². The zero-order valence-corrected chi connectivity index (χ0v) is 32.5. The van der Waals surface area contributed by atoms with Gasteiger partial charge >= 0.3 is 0 Å². The van der Waals surface area contributed by atoms with Gasteiger partial charge < -0.3 is 13.4 Å². The second-order valence-corrected chi connectivity index (χ2v) is 16.0. The smallest absolute Gasteiger partial charge is 0.164 e. The third-order valence-electron chi connectivity index (χ3n) is 12.7. The Hall–Kier alpha value is -8.35. The summed E-state index contributed by atoms with van der Waals surface area (Å²) in [6.45, 7) is 0. The van der Waals surface area contributed by atoms with Crippen molar-refractivity contribution in [2.24, 2.45) is 0 Å². The van der Waals surface area contributed by atoms with Gasteiger partial charge in [0.25, 0.3) is 0 Å². The molecule has 282 valence electrons. The first-order chi connectivity index (χ1) is 30.2. The van der Waals surface area contributed by atoms with E-state index in [9.17, 15) is 0 Å². The minimum atomic E-state index is 0.570. The highest BCUT2D eigenvalue weighted by Gasteiger charge is 2.25. The highest BCUT2D eigenvalue weighted by molar-refractivity contribution is 6.29. The summed E-state index contributed by atoms with van der Waals surface area (Å²) in [5.74, 6) is 1.79. The Morgan fingerprint density at radius 2 is 0.967 bits per heavy atom. The molecule has 0 spiro atoms. The molecule has 0 saturated heterocycles. The lowest BCUT2D eigenvalue weighted by atomic mass is 10.0. The van der Waals surface area contributed by atoms with Gasteiger partial charge in [-0.15, -0.1) is 0 Å². The van der Waals surface area contributed by atoms with Gasteiger partial charge in [0.15, 0.2) is 17.5 Å². The highest BCUT2D eigenvalue weighted by Crippen LogP contribution is 2.46. The summed E-state index contributed by atoms with van der Waals surface area (Å²) < 4.78 is 11.7. The highest BCUT2D eigenvalue weighted by atomic mass is 16.3. The summed E-state index contributed by atoms with van der Waals surface area (Å²) in [4.78, 5) is 15.4. The molecule has 14 rings (SSSR count). The van der Waals surface area contributed by atoms with Crippen LogP contribution in [0, 0.1) is 0 Å². The quantitative estimate of drug-likeness (QED) is 0.179.